The van der Waals surface area contributed by atoms with E-state index in [-0.39, 0.29) is 0 Å². The molecule has 8 heteroatoms. The lowest BCUT2D eigenvalue weighted by molar-refractivity contribution is 0.0115. The molecule has 8 nitrogen and oxygen atoms in total. The van der Waals surface area contributed by atoms with Gasteiger partial charge in [-0.1, -0.05) is 18.2 Å². The van der Waals surface area contributed by atoms with Crippen LogP contribution in [0.4, 0.5) is 17.3 Å². The Morgan fingerprint density at radius 2 is 1.79 bits per heavy atom. The molecule has 38 heavy (non-hydrogen) atoms. The van der Waals surface area contributed by atoms with Crippen LogP contribution in [0, 0.1) is 11.3 Å². The van der Waals surface area contributed by atoms with Crippen molar-refractivity contribution in [1.29, 1.82) is 5.26 Å². The lowest BCUT2D eigenvalue weighted by Crippen LogP contribution is -2.49. The number of aryl methyl sites for hydroxylation is 1. The summed E-state index contributed by atoms with van der Waals surface area (Å²) >= 11 is 0. The van der Waals surface area contributed by atoms with Gasteiger partial charge in [-0.3, -0.25) is 4.90 Å². The number of ether oxygens (including phenoxy) is 1. The zero-order valence-electron chi connectivity index (χ0n) is 21.6. The summed E-state index contributed by atoms with van der Waals surface area (Å²) in [4.78, 5) is 9.62. The van der Waals surface area contributed by atoms with Crippen LogP contribution in [-0.4, -0.2) is 64.9 Å². The van der Waals surface area contributed by atoms with Crippen molar-refractivity contribution < 1.29 is 4.74 Å². The molecule has 0 aliphatic carbocycles. The molecule has 0 unspecified atom stereocenters. The number of hydrogen-bond acceptors (Lipinski definition) is 7. The molecule has 2 aliphatic rings. The summed E-state index contributed by atoms with van der Waals surface area (Å²) in [5, 5.41) is 17.1. The highest BCUT2D eigenvalue weighted by Gasteiger charge is 2.25. The highest BCUT2D eigenvalue weighted by atomic mass is 16.5. The van der Waals surface area contributed by atoms with Gasteiger partial charge in [0.1, 0.15) is 0 Å². The highest BCUT2D eigenvalue weighted by molar-refractivity contribution is 5.67. The molecule has 2 saturated heterocycles. The fourth-order valence-corrected chi connectivity index (χ4v) is 5.58. The second kappa shape index (κ2) is 11.2. The first-order chi connectivity index (χ1) is 18.8. The van der Waals surface area contributed by atoms with Crippen LogP contribution in [0.5, 0.6) is 0 Å². The minimum atomic E-state index is 0.514. The number of aromatic nitrogens is 3. The molecule has 1 N–H and O–H groups in total. The van der Waals surface area contributed by atoms with E-state index in [0.717, 1.165) is 73.8 Å². The third kappa shape index (κ3) is 5.35. The van der Waals surface area contributed by atoms with Crippen molar-refractivity contribution in [2.75, 3.05) is 49.6 Å². The van der Waals surface area contributed by atoms with E-state index < -0.39 is 0 Å². The molecule has 2 aromatic carbocycles. The molecule has 0 saturated carbocycles. The van der Waals surface area contributed by atoms with Crippen molar-refractivity contribution in [2.45, 2.75) is 31.7 Å². The molecule has 0 bridgehead atoms. The topological polar surface area (TPSA) is 81.7 Å². The van der Waals surface area contributed by atoms with Gasteiger partial charge in [-0.05, 0) is 67.3 Å². The first-order valence-corrected chi connectivity index (χ1v) is 13.5. The van der Waals surface area contributed by atoms with E-state index >= 15 is 0 Å². The van der Waals surface area contributed by atoms with E-state index in [4.69, 9.17) is 15.1 Å². The second-order valence-corrected chi connectivity index (χ2v) is 10.0. The maximum Gasteiger partial charge on any atom is 0.245 e. The Balaban J connectivity index is 1.12. The van der Waals surface area contributed by atoms with Crippen molar-refractivity contribution in [2.24, 2.45) is 0 Å². The number of benzene rings is 2. The quantitative estimate of drug-likeness (QED) is 0.381. The predicted molar refractivity (Wildman–Crippen MR) is 150 cm³/mol. The standard InChI is InChI=1S/C30H33N7O/c31-14-2-4-23-3-1-5-24(21-23)29-11-10-28-22-32-30(34-37(28)29)33-25-6-8-26(9-7-25)35-15-12-27(13-16-35)36-17-19-38-20-18-36/h1,3,5-11,21-22,27H,2,4,12-13,15-20H2,(H,33,34). The summed E-state index contributed by atoms with van der Waals surface area (Å²) in [7, 11) is 0. The molecule has 2 aliphatic heterocycles. The van der Waals surface area contributed by atoms with E-state index in [1.165, 1.54) is 18.5 Å². The highest BCUT2D eigenvalue weighted by Crippen LogP contribution is 2.27. The summed E-state index contributed by atoms with van der Waals surface area (Å²) in [6, 6.07) is 23.9. The molecule has 0 amide bonds. The van der Waals surface area contributed by atoms with Crippen molar-refractivity contribution in [3.8, 4) is 17.3 Å². The van der Waals surface area contributed by atoms with E-state index in [9.17, 15) is 0 Å². The summed E-state index contributed by atoms with van der Waals surface area (Å²) in [6.45, 7) is 6.04. The van der Waals surface area contributed by atoms with Gasteiger partial charge in [-0.2, -0.15) is 5.26 Å². The first-order valence-electron chi connectivity index (χ1n) is 13.5. The summed E-state index contributed by atoms with van der Waals surface area (Å²) < 4.78 is 7.44. The number of hydrogen-bond donors (Lipinski definition) is 1. The Hall–Kier alpha value is -3.93. The van der Waals surface area contributed by atoms with Crippen molar-refractivity contribution >= 4 is 22.8 Å². The zero-order chi connectivity index (χ0) is 25.7. The maximum absolute atomic E-state index is 8.92. The fraction of sp³-hybridized carbons (Fsp3) is 0.367. The molecular formula is C30H33N7O. The van der Waals surface area contributed by atoms with Crippen LogP contribution in [0.2, 0.25) is 0 Å². The van der Waals surface area contributed by atoms with Crippen molar-refractivity contribution in [3.05, 3.63) is 72.4 Å². The fourth-order valence-electron chi connectivity index (χ4n) is 5.58. The summed E-state index contributed by atoms with van der Waals surface area (Å²) in [6.07, 6.45) is 5.51. The number of nitriles is 1. The van der Waals surface area contributed by atoms with Gasteiger partial charge in [-0.15, -0.1) is 5.10 Å². The van der Waals surface area contributed by atoms with Crippen LogP contribution in [0.25, 0.3) is 16.8 Å². The van der Waals surface area contributed by atoms with Crippen LogP contribution in [0.15, 0.2) is 66.9 Å². The van der Waals surface area contributed by atoms with Gasteiger partial charge >= 0.3 is 0 Å². The smallest absolute Gasteiger partial charge is 0.245 e. The molecule has 6 rings (SSSR count). The van der Waals surface area contributed by atoms with Crippen LogP contribution < -0.4 is 10.2 Å². The van der Waals surface area contributed by atoms with Crippen LogP contribution in [0.1, 0.15) is 24.8 Å². The van der Waals surface area contributed by atoms with Crippen LogP contribution in [-0.2, 0) is 11.2 Å². The molecule has 2 aromatic heterocycles. The number of piperidine rings is 1. The van der Waals surface area contributed by atoms with E-state index in [1.54, 1.807) is 0 Å². The SMILES string of the molecule is N#CCCc1cccc(-c2ccc3cnc(Nc4ccc(N5CCC(N6CCOCC6)CC5)cc4)nn23)c1. The van der Waals surface area contributed by atoms with Crippen molar-refractivity contribution in [1.82, 2.24) is 19.5 Å². The van der Waals surface area contributed by atoms with Gasteiger partial charge in [0.15, 0.2) is 0 Å². The van der Waals surface area contributed by atoms with Crippen LogP contribution >= 0.6 is 0 Å². The summed E-state index contributed by atoms with van der Waals surface area (Å²) in [5.74, 6) is 0.551. The van der Waals surface area contributed by atoms with E-state index in [0.29, 0.717) is 18.4 Å². The maximum atomic E-state index is 8.92. The minimum absolute atomic E-state index is 0.514. The van der Waals surface area contributed by atoms with Gasteiger partial charge in [-0.25, -0.2) is 9.50 Å². The lowest BCUT2D eigenvalue weighted by atomic mass is 10.0. The molecule has 4 heterocycles. The predicted octanol–water partition coefficient (Wildman–Crippen LogP) is 4.90. The number of morpholine rings is 1. The number of fused-ring (bicyclic) bond motifs is 1. The molecule has 0 radical (unpaired) electrons. The third-order valence-electron chi connectivity index (χ3n) is 7.66. The Kier molecular flexibility index (Phi) is 7.20. The second-order valence-electron chi connectivity index (χ2n) is 10.0. The summed E-state index contributed by atoms with van der Waals surface area (Å²) in [5.41, 5.74) is 6.38. The Morgan fingerprint density at radius 3 is 2.58 bits per heavy atom. The minimum Gasteiger partial charge on any atom is -0.379 e. The third-order valence-corrected chi connectivity index (χ3v) is 7.66. The van der Waals surface area contributed by atoms with Crippen molar-refractivity contribution in [3.63, 3.8) is 0 Å². The lowest BCUT2D eigenvalue weighted by Gasteiger charge is -2.40. The molecule has 2 fully saturated rings. The number of nitrogens with one attached hydrogen (secondary N) is 1. The number of anilines is 3. The molecular weight excluding hydrogens is 474 g/mol. The Morgan fingerprint density at radius 1 is 0.974 bits per heavy atom. The van der Waals surface area contributed by atoms with Gasteiger partial charge in [0.25, 0.3) is 0 Å². The largest absolute Gasteiger partial charge is 0.379 e. The normalized spacial score (nSPS) is 17.0. The van der Waals surface area contributed by atoms with Gasteiger partial charge in [0, 0.05) is 55.6 Å². The van der Waals surface area contributed by atoms with Gasteiger partial charge in [0.2, 0.25) is 5.95 Å². The van der Waals surface area contributed by atoms with E-state index in [1.807, 2.05) is 22.8 Å². The van der Waals surface area contributed by atoms with Gasteiger partial charge in [0.05, 0.1) is 36.7 Å². The molecule has 0 spiro atoms. The van der Waals surface area contributed by atoms with Crippen LogP contribution in [0.3, 0.4) is 0 Å². The molecule has 0 atom stereocenters. The zero-order valence-corrected chi connectivity index (χ0v) is 21.6. The Bertz CT molecular complexity index is 1410. The number of rotatable bonds is 7. The average Bonchev–Trinajstić information content (AvgIpc) is 3.41. The molecule has 4 aromatic rings. The van der Waals surface area contributed by atoms with Gasteiger partial charge < -0.3 is 15.0 Å². The number of nitrogens with zero attached hydrogens (tertiary/aromatic N) is 6. The first kappa shape index (κ1) is 24.4. The van der Waals surface area contributed by atoms with E-state index in [2.05, 4.69) is 74.7 Å². The molecule has 194 valence electrons. The Labute approximate surface area is 223 Å². The monoisotopic (exact) mass is 507 g/mol. The average molecular weight is 508 g/mol.